The summed E-state index contributed by atoms with van der Waals surface area (Å²) in [5.74, 6) is -1.22. The van der Waals surface area contributed by atoms with Gasteiger partial charge in [0.2, 0.25) is 0 Å². The molecule has 1 aromatic carbocycles. The molecule has 3 heterocycles. The number of nitrogens with one attached hydrogen (secondary N) is 1. The number of hydrogen-bond donors (Lipinski definition) is 2. The second-order valence-corrected chi connectivity index (χ2v) is 9.78. The van der Waals surface area contributed by atoms with E-state index >= 15 is 0 Å². The second kappa shape index (κ2) is 12.4. The molecule has 12 heteroatoms. The number of thioether (sulfide) groups is 1. The number of fused-ring (bicyclic) bond motifs is 1. The van der Waals surface area contributed by atoms with Crippen molar-refractivity contribution in [2.24, 2.45) is 7.05 Å². The van der Waals surface area contributed by atoms with Crippen LogP contribution in [0.3, 0.4) is 0 Å². The molecule has 8 nitrogen and oxygen atoms in total. The molecule has 0 spiro atoms. The molecule has 198 valence electrons. The van der Waals surface area contributed by atoms with Crippen LogP contribution in [0.15, 0.2) is 29.2 Å². The highest BCUT2D eigenvalue weighted by Crippen LogP contribution is 2.27. The highest BCUT2D eigenvalue weighted by atomic mass is 32.2. The Kier molecular flexibility index (Phi) is 10.1. The van der Waals surface area contributed by atoms with Gasteiger partial charge in [0.05, 0.1) is 22.3 Å². The summed E-state index contributed by atoms with van der Waals surface area (Å²) in [6.07, 6.45) is -0.623. The number of benzene rings is 1. The first-order valence-corrected chi connectivity index (χ1v) is 12.1. The third-order valence-corrected chi connectivity index (χ3v) is 7.11. The molecule has 1 saturated heterocycles. The number of nitrogens with zero attached hydrogens (tertiary/aromatic N) is 4. The highest BCUT2D eigenvalue weighted by molar-refractivity contribution is 7.99. The van der Waals surface area contributed by atoms with Crippen molar-refractivity contribution in [3.63, 3.8) is 0 Å². The molecule has 1 fully saturated rings. The van der Waals surface area contributed by atoms with Gasteiger partial charge in [-0.25, -0.2) is 9.78 Å². The molecule has 0 saturated carbocycles. The first-order valence-electron chi connectivity index (χ1n) is 11.1. The van der Waals surface area contributed by atoms with Crippen molar-refractivity contribution in [2.45, 2.75) is 57.8 Å². The Morgan fingerprint density at radius 2 is 1.89 bits per heavy atom. The van der Waals surface area contributed by atoms with Crippen LogP contribution in [0.4, 0.5) is 13.2 Å². The minimum atomic E-state index is -5.08. The van der Waals surface area contributed by atoms with E-state index in [-0.39, 0.29) is 13.0 Å². The number of para-hydroxylation sites is 1. The number of aliphatic carboxylic acids is 1. The summed E-state index contributed by atoms with van der Waals surface area (Å²) in [4.78, 5) is 31.4. The third kappa shape index (κ3) is 7.82. The monoisotopic (exact) mass is 527 g/mol. The Bertz CT molecular complexity index is 1230. The Balaban J connectivity index is 0.000000503. The summed E-state index contributed by atoms with van der Waals surface area (Å²) < 4.78 is 33.6. The van der Waals surface area contributed by atoms with Crippen LogP contribution in [-0.2, 0) is 24.1 Å². The fraction of sp³-hybridized carbons (Fsp3) is 0.500. The van der Waals surface area contributed by atoms with Crippen LogP contribution >= 0.6 is 11.8 Å². The lowest BCUT2D eigenvalue weighted by Gasteiger charge is -2.31. The number of piperidine rings is 1. The number of halogens is 3. The summed E-state index contributed by atoms with van der Waals surface area (Å²) >= 11 is 1.91. The summed E-state index contributed by atoms with van der Waals surface area (Å²) in [5, 5.41) is 12.9. The number of aromatic amines is 1. The van der Waals surface area contributed by atoms with Crippen molar-refractivity contribution >= 4 is 28.6 Å². The molecule has 0 unspecified atom stereocenters. The van der Waals surface area contributed by atoms with Crippen LogP contribution in [0.1, 0.15) is 42.9 Å². The van der Waals surface area contributed by atoms with Gasteiger partial charge in [-0.2, -0.15) is 30.0 Å². The lowest BCUT2D eigenvalue weighted by atomic mass is 10.1. The van der Waals surface area contributed by atoms with Gasteiger partial charge in [0.25, 0.3) is 5.56 Å². The molecule has 2 N–H and O–H groups in total. The van der Waals surface area contributed by atoms with Gasteiger partial charge in [0, 0.05) is 30.6 Å². The number of aromatic nitrogens is 4. The summed E-state index contributed by atoms with van der Waals surface area (Å²) in [7, 11) is 1.98. The zero-order chi connectivity index (χ0) is 25.8. The lowest BCUT2D eigenvalue weighted by molar-refractivity contribution is -0.192. The number of H-pyrrole nitrogens is 1. The fourth-order valence-corrected chi connectivity index (χ4v) is 4.97. The van der Waals surface area contributed by atoms with Gasteiger partial charge in [0.15, 0.2) is 0 Å². The van der Waals surface area contributed by atoms with Gasteiger partial charge in [-0.15, -0.1) is 0 Å². The van der Waals surface area contributed by atoms with Crippen LogP contribution in [0.5, 0.6) is 0 Å². The van der Waals surface area contributed by atoms with Crippen LogP contribution in [0.2, 0.25) is 0 Å². The number of carboxylic acids is 1. The van der Waals surface area contributed by atoms with E-state index in [9.17, 15) is 18.0 Å². The molecule has 1 aliphatic heterocycles. The van der Waals surface area contributed by atoms with E-state index in [4.69, 9.17) is 14.9 Å². The molecule has 0 atom stereocenters. The predicted molar refractivity (Wildman–Crippen MR) is 135 cm³/mol. The maximum atomic E-state index is 12.3. The number of carbonyl (C=O) groups is 1. The van der Waals surface area contributed by atoms with Gasteiger partial charge >= 0.3 is 12.1 Å². The molecule has 0 bridgehead atoms. The van der Waals surface area contributed by atoms with Crippen molar-refractivity contribution in [2.75, 3.05) is 13.1 Å². The van der Waals surface area contributed by atoms with E-state index < -0.39 is 12.1 Å². The van der Waals surface area contributed by atoms with Gasteiger partial charge < -0.3 is 10.1 Å². The number of hydrogen-bond acceptors (Lipinski definition) is 6. The van der Waals surface area contributed by atoms with E-state index in [2.05, 4.69) is 28.1 Å². The summed E-state index contributed by atoms with van der Waals surface area (Å²) in [6.45, 7) is 7.28. The van der Waals surface area contributed by atoms with Crippen LogP contribution in [0, 0.1) is 13.8 Å². The number of likely N-dealkylation sites (tertiary alicyclic amines) is 1. The van der Waals surface area contributed by atoms with E-state index in [0.717, 1.165) is 48.0 Å². The number of alkyl halides is 3. The second-order valence-electron chi connectivity index (χ2n) is 8.49. The standard InChI is InChI=1S/C21H27N5OS.C2HF3O2.CH4/c1-14-5-4-6-18-20(14)22-19(23-21(18)27)13-28-17-7-9-26(10-8-17)12-16-11-25(3)24-15(16)2;3-2(4,5)1(6)7;/h4-6,11,17H,7-10,12-13H2,1-3H3,(H,22,23,27);(H,6,7);1H4. The minimum Gasteiger partial charge on any atom is -0.475 e. The third-order valence-electron chi connectivity index (χ3n) is 5.73. The molecule has 0 amide bonds. The minimum absolute atomic E-state index is 0. The van der Waals surface area contributed by atoms with E-state index in [0.29, 0.717) is 10.6 Å². The average molecular weight is 528 g/mol. The average Bonchev–Trinajstić information content (AvgIpc) is 3.10. The Labute approximate surface area is 211 Å². The van der Waals surface area contributed by atoms with Gasteiger partial charge in [-0.1, -0.05) is 19.6 Å². The molecule has 0 radical (unpaired) electrons. The topological polar surface area (TPSA) is 104 Å². The molecule has 2 aromatic heterocycles. The normalized spacial score (nSPS) is 14.7. The molecular formula is C24H32F3N5O3S. The van der Waals surface area contributed by atoms with Crippen molar-refractivity contribution in [3.05, 3.63) is 57.4 Å². The Morgan fingerprint density at radius 1 is 1.25 bits per heavy atom. The molecule has 4 rings (SSSR count). The van der Waals surface area contributed by atoms with Crippen LogP contribution in [0.25, 0.3) is 10.9 Å². The highest BCUT2D eigenvalue weighted by Gasteiger charge is 2.38. The van der Waals surface area contributed by atoms with E-state index in [1.807, 2.05) is 48.6 Å². The van der Waals surface area contributed by atoms with Crippen molar-refractivity contribution in [1.82, 2.24) is 24.6 Å². The van der Waals surface area contributed by atoms with Gasteiger partial charge in [-0.05, 0) is 51.4 Å². The van der Waals surface area contributed by atoms with Gasteiger partial charge in [0.1, 0.15) is 5.82 Å². The Hall–Kier alpha value is -2.86. The van der Waals surface area contributed by atoms with Crippen molar-refractivity contribution in [3.8, 4) is 0 Å². The van der Waals surface area contributed by atoms with Crippen molar-refractivity contribution < 1.29 is 23.1 Å². The lowest BCUT2D eigenvalue weighted by Crippen LogP contribution is -2.34. The predicted octanol–water partition coefficient (Wildman–Crippen LogP) is 4.44. The maximum Gasteiger partial charge on any atom is 0.490 e. The quantitative estimate of drug-likeness (QED) is 0.506. The maximum absolute atomic E-state index is 12.3. The largest absolute Gasteiger partial charge is 0.490 e. The molecule has 36 heavy (non-hydrogen) atoms. The fourth-order valence-electron chi connectivity index (χ4n) is 3.90. The molecule has 3 aromatic rings. The van der Waals surface area contributed by atoms with Crippen LogP contribution < -0.4 is 5.56 Å². The van der Waals surface area contributed by atoms with Gasteiger partial charge in [-0.3, -0.25) is 14.4 Å². The summed E-state index contributed by atoms with van der Waals surface area (Å²) in [5.41, 5.74) is 4.28. The van der Waals surface area contributed by atoms with Crippen LogP contribution in [-0.4, -0.2) is 60.2 Å². The zero-order valence-corrected chi connectivity index (χ0v) is 20.5. The zero-order valence-electron chi connectivity index (χ0n) is 19.7. The molecular weight excluding hydrogens is 495 g/mol. The number of aryl methyl sites for hydroxylation is 3. The van der Waals surface area contributed by atoms with Crippen molar-refractivity contribution in [1.29, 1.82) is 0 Å². The number of carboxylic acid groups (broad SMARTS) is 1. The first-order chi connectivity index (χ1) is 16.4. The van der Waals surface area contributed by atoms with E-state index in [1.54, 1.807) is 0 Å². The first kappa shape index (κ1) is 29.4. The SMILES string of the molecule is C.Cc1nn(C)cc1CN1CCC(SCc2nc3c(C)cccc3c(=O)[nH]2)CC1.O=C(O)C(F)(F)F. The smallest absolute Gasteiger partial charge is 0.475 e. The molecule has 1 aliphatic rings. The summed E-state index contributed by atoms with van der Waals surface area (Å²) in [6, 6.07) is 5.75. The van der Waals surface area contributed by atoms with E-state index in [1.165, 1.54) is 18.4 Å². The Morgan fingerprint density at radius 3 is 2.44 bits per heavy atom. The number of rotatable bonds is 5. The molecule has 0 aliphatic carbocycles.